The number of para-hydroxylation sites is 9. The maximum absolute atomic E-state index is 7.09. The van der Waals surface area contributed by atoms with Gasteiger partial charge in [0.05, 0.1) is 0 Å². The molecule has 0 heterocycles. The van der Waals surface area contributed by atoms with E-state index in [2.05, 4.69) is 0 Å². The molecule has 0 unspecified atom stereocenters. The second kappa shape index (κ2) is 25.3. The van der Waals surface area contributed by atoms with E-state index in [9.17, 15) is 0 Å². The molecule has 0 aromatic heterocycles. The van der Waals surface area contributed by atoms with Gasteiger partial charge in [0.15, 0.2) is 0 Å². The average molecular weight is 1020 g/mol. The topological polar surface area (TPSA) is 83.1 Å². The Bertz CT molecular complexity index is 2320. The predicted octanol–water partition coefficient (Wildman–Crippen LogP) is 15.0. The molecule has 0 aliphatic rings. The van der Waals surface area contributed by atoms with Crippen molar-refractivity contribution in [2.45, 2.75) is 37.1 Å². The number of hydrogen-bond acceptors (Lipinski definition) is 9. The van der Waals surface area contributed by atoms with Crippen LogP contribution in [0.2, 0.25) is 37.1 Å². The van der Waals surface area contributed by atoms with Gasteiger partial charge in [0.1, 0.15) is 58.5 Å². The van der Waals surface area contributed by atoms with E-state index in [0.717, 1.165) is 0 Å². The fraction of sp³-hybridized carbons (Fsp3) is 0.100. The van der Waals surface area contributed by atoms with Crippen molar-refractivity contribution >= 4 is 33.1 Å². The maximum atomic E-state index is 7.09. The molecule has 9 aromatic carbocycles. The normalized spacial score (nSPS) is 11.3. The van der Waals surface area contributed by atoms with Gasteiger partial charge in [0.2, 0.25) is 0 Å². The summed E-state index contributed by atoms with van der Waals surface area (Å²) in [5.41, 5.74) is 0. The van der Waals surface area contributed by atoms with Gasteiger partial charge in [0.25, 0.3) is 0 Å². The summed E-state index contributed by atoms with van der Waals surface area (Å²) in [5, 5.41) is 0. The summed E-state index contributed by atoms with van der Waals surface area (Å²) in [6, 6.07) is 89.0. The van der Waals surface area contributed by atoms with Crippen LogP contribution in [0.15, 0.2) is 273 Å². The molecule has 9 nitrogen and oxygen atoms in total. The number of hydrogen-bond donors (Lipinski definition) is 0. The van der Waals surface area contributed by atoms with Gasteiger partial charge in [-0.3, -0.25) is 0 Å². The summed E-state index contributed by atoms with van der Waals surface area (Å²) in [6.45, 7) is -0.0972. The molecule has 0 fully saturated rings. The summed E-state index contributed by atoms with van der Waals surface area (Å²) in [7, 11) is -11.3. The second-order valence-electron chi connectivity index (χ2n) is 17.3. The molecule has 13 heteroatoms. The summed E-state index contributed by atoms with van der Waals surface area (Å²) >= 11 is 0. The van der Waals surface area contributed by atoms with Gasteiger partial charge >= 0.3 is 26.4 Å². The Morgan fingerprint density at radius 3 is 0.438 bits per heavy atom. The molecule has 0 saturated heterocycles. The first-order valence-corrected chi connectivity index (χ1v) is 30.5. The van der Waals surface area contributed by atoms with E-state index >= 15 is 0 Å². The quantitative estimate of drug-likeness (QED) is 0.0468. The van der Waals surface area contributed by atoms with Gasteiger partial charge in [0, 0.05) is 18.1 Å². The molecule has 366 valence electrons. The van der Waals surface area contributed by atoms with Gasteiger partial charge < -0.3 is 39.8 Å². The largest absolute Gasteiger partial charge is 0.698 e. The fourth-order valence-electron chi connectivity index (χ4n) is 8.24. The zero-order valence-electron chi connectivity index (χ0n) is 40.5. The molecule has 0 aliphatic heterocycles. The van der Waals surface area contributed by atoms with E-state index in [1.165, 1.54) is 0 Å². The molecule has 9 aromatic rings. The molecule has 0 spiro atoms. The van der Waals surface area contributed by atoms with Crippen molar-refractivity contribution in [1.29, 1.82) is 0 Å². The number of benzene rings is 9. The van der Waals surface area contributed by atoms with E-state index in [0.29, 0.717) is 88.8 Å². The molecular weight excluding hydrogens is 960 g/mol. The van der Waals surface area contributed by atoms with Crippen LogP contribution in [0.25, 0.3) is 0 Å². The van der Waals surface area contributed by atoms with Crippen LogP contribution in [-0.2, 0) is 0 Å². The van der Waals surface area contributed by atoms with Crippen molar-refractivity contribution in [2.24, 2.45) is 0 Å². The first-order chi connectivity index (χ1) is 36.0. The third-order valence-corrected chi connectivity index (χ3v) is 19.3. The van der Waals surface area contributed by atoms with E-state index in [-0.39, 0.29) is 6.71 Å². The molecule has 0 amide bonds. The van der Waals surface area contributed by atoms with Gasteiger partial charge in [-0.15, -0.1) is 0 Å². The first-order valence-electron chi connectivity index (χ1n) is 24.7. The average Bonchev–Trinajstić information content (AvgIpc) is 3.43. The molecule has 0 saturated carbocycles. The lowest BCUT2D eigenvalue weighted by Gasteiger charge is -2.33. The highest BCUT2D eigenvalue weighted by Crippen LogP contribution is 2.35. The SMILES string of the molecule is c1ccc(O[Si](CCB(CC[Si](Oc2ccccc2)(Oc2ccccc2)Oc2ccccc2)CC[Si](Oc2ccccc2)(Oc2ccccc2)Oc2ccccc2)(Oc2ccccc2)Oc2ccccc2)cc1. The Labute approximate surface area is 432 Å². The fourth-order valence-corrected chi connectivity index (χ4v) is 16.3. The van der Waals surface area contributed by atoms with Gasteiger partial charge in [-0.2, -0.15) is 0 Å². The lowest BCUT2D eigenvalue weighted by molar-refractivity contribution is 0.262. The highest BCUT2D eigenvalue weighted by molar-refractivity contribution is 6.71. The molecule has 73 heavy (non-hydrogen) atoms. The van der Waals surface area contributed by atoms with Crippen LogP contribution in [0.4, 0.5) is 0 Å². The van der Waals surface area contributed by atoms with Gasteiger partial charge in [-0.05, 0) is 109 Å². The molecule has 0 aliphatic carbocycles. The van der Waals surface area contributed by atoms with Crippen molar-refractivity contribution in [3.63, 3.8) is 0 Å². The van der Waals surface area contributed by atoms with Gasteiger partial charge in [-0.1, -0.05) is 183 Å². The minimum atomic E-state index is -3.76. The Balaban J connectivity index is 1.14. The Hall–Kier alpha value is -8.10. The molecule has 9 rings (SSSR count). The summed E-state index contributed by atoms with van der Waals surface area (Å²) in [5.74, 6) is 5.77. The monoisotopic (exact) mass is 1020 g/mol. The van der Waals surface area contributed by atoms with E-state index in [4.69, 9.17) is 39.8 Å². The summed E-state index contributed by atoms with van der Waals surface area (Å²) in [6.07, 6.45) is 1.74. The molecule has 0 N–H and O–H groups in total. The van der Waals surface area contributed by atoms with Crippen LogP contribution in [0.5, 0.6) is 51.7 Å². The van der Waals surface area contributed by atoms with Crippen molar-refractivity contribution in [3.8, 4) is 51.7 Å². The van der Waals surface area contributed by atoms with Crippen LogP contribution in [0.1, 0.15) is 0 Å². The lowest BCUT2D eigenvalue weighted by Crippen LogP contribution is -2.57. The predicted molar refractivity (Wildman–Crippen MR) is 295 cm³/mol. The number of rotatable bonds is 27. The standard InChI is InChI=1S/C60H57BO9Si3/c1-10-28-52(29-11-1)62-71(63-53-30-12-2-13-31-53,64-54-32-14-3-15-33-54)49-46-61(47-50-72(65-55-34-16-4-17-35-55,66-56-36-18-5-19-37-56)67-57-38-20-6-21-39-57)48-51-73(68-58-40-22-7-23-41-58,69-59-42-24-8-25-43-59)70-60-44-26-9-27-45-60/h1-45H,46-51H2. The summed E-state index contributed by atoms with van der Waals surface area (Å²) in [4.78, 5) is 0. The van der Waals surface area contributed by atoms with E-state index in [1.54, 1.807) is 0 Å². The third kappa shape index (κ3) is 15.2. The van der Waals surface area contributed by atoms with E-state index < -0.39 is 26.4 Å². The Kier molecular flexibility index (Phi) is 17.3. The van der Waals surface area contributed by atoms with Crippen LogP contribution in [-0.4, -0.2) is 33.1 Å². The van der Waals surface area contributed by atoms with Crippen LogP contribution >= 0.6 is 0 Å². The summed E-state index contributed by atoms with van der Waals surface area (Å²) < 4.78 is 63.8. The van der Waals surface area contributed by atoms with Crippen molar-refractivity contribution in [2.75, 3.05) is 0 Å². The zero-order chi connectivity index (χ0) is 49.7. The van der Waals surface area contributed by atoms with Crippen LogP contribution in [0.3, 0.4) is 0 Å². The third-order valence-electron chi connectivity index (χ3n) is 11.7. The zero-order valence-corrected chi connectivity index (χ0v) is 43.5. The van der Waals surface area contributed by atoms with Crippen LogP contribution in [0, 0.1) is 0 Å². The lowest BCUT2D eigenvalue weighted by atomic mass is 9.44. The van der Waals surface area contributed by atoms with Crippen molar-refractivity contribution < 1.29 is 39.8 Å². The Morgan fingerprint density at radius 2 is 0.315 bits per heavy atom. The highest BCUT2D eigenvalue weighted by Gasteiger charge is 2.54. The second-order valence-corrected chi connectivity index (χ2v) is 24.7. The van der Waals surface area contributed by atoms with Crippen LogP contribution < -0.4 is 39.8 Å². The van der Waals surface area contributed by atoms with Crippen molar-refractivity contribution in [1.82, 2.24) is 0 Å². The maximum Gasteiger partial charge on any atom is 0.698 e. The first kappa shape index (κ1) is 49.9. The Morgan fingerprint density at radius 1 is 0.192 bits per heavy atom. The molecule has 0 atom stereocenters. The van der Waals surface area contributed by atoms with Gasteiger partial charge in [-0.25, -0.2) is 0 Å². The van der Waals surface area contributed by atoms with E-state index in [1.807, 2.05) is 273 Å². The molecular formula is C60H57BO9Si3. The van der Waals surface area contributed by atoms with Crippen molar-refractivity contribution in [3.05, 3.63) is 273 Å². The minimum absolute atomic E-state index is 0.0972. The molecule has 0 bridgehead atoms. The highest BCUT2D eigenvalue weighted by atomic mass is 28.4. The molecule has 0 radical (unpaired) electrons. The smallest absolute Gasteiger partial charge is 0.483 e. The minimum Gasteiger partial charge on any atom is -0.483 e.